The van der Waals surface area contributed by atoms with Gasteiger partial charge in [-0.25, -0.2) is 0 Å². The minimum atomic E-state index is -0.356. The summed E-state index contributed by atoms with van der Waals surface area (Å²) in [5, 5.41) is 23.3. The predicted molar refractivity (Wildman–Crippen MR) is 67.4 cm³/mol. The van der Waals surface area contributed by atoms with E-state index in [1.54, 1.807) is 33.2 Å². The van der Waals surface area contributed by atoms with Crippen molar-refractivity contribution in [3.8, 4) is 6.07 Å². The van der Waals surface area contributed by atoms with Gasteiger partial charge in [0.05, 0.1) is 17.0 Å². The van der Waals surface area contributed by atoms with E-state index in [9.17, 15) is 4.79 Å². The van der Waals surface area contributed by atoms with Crippen molar-refractivity contribution in [1.82, 2.24) is 20.0 Å². The molecule has 0 saturated carbocycles. The molecule has 0 aliphatic carbocycles. The zero-order chi connectivity index (χ0) is 14.0. The number of nitrogens with zero attached hydrogens (tertiary/aromatic N) is 5. The van der Waals surface area contributed by atoms with Crippen LogP contribution in [0, 0.1) is 25.2 Å². The molecule has 2 aromatic rings. The average molecular weight is 256 g/mol. The lowest BCUT2D eigenvalue weighted by molar-refractivity contribution is 0.102. The van der Waals surface area contributed by atoms with Crippen molar-refractivity contribution >= 4 is 11.7 Å². The SMILES string of the molecule is Cc1cc(C(=O)Nc2nn(C)cc2C#N)c(C)nn1. The first-order chi connectivity index (χ1) is 9.01. The van der Waals surface area contributed by atoms with Gasteiger partial charge in [-0.05, 0) is 19.9 Å². The molecule has 7 nitrogen and oxygen atoms in total. The number of rotatable bonds is 2. The van der Waals surface area contributed by atoms with Gasteiger partial charge in [-0.15, -0.1) is 0 Å². The fraction of sp³-hybridized carbons (Fsp3) is 0.250. The third-order valence-electron chi connectivity index (χ3n) is 2.53. The molecule has 7 heteroatoms. The number of nitrogens with one attached hydrogen (secondary N) is 1. The highest BCUT2D eigenvalue weighted by Crippen LogP contribution is 2.13. The van der Waals surface area contributed by atoms with E-state index in [-0.39, 0.29) is 11.7 Å². The lowest BCUT2D eigenvalue weighted by atomic mass is 10.2. The molecule has 2 heterocycles. The van der Waals surface area contributed by atoms with Crippen LogP contribution >= 0.6 is 0 Å². The van der Waals surface area contributed by atoms with Gasteiger partial charge >= 0.3 is 0 Å². The molecule has 2 aromatic heterocycles. The maximum Gasteiger partial charge on any atom is 0.258 e. The third-order valence-corrected chi connectivity index (χ3v) is 2.53. The molecule has 0 fully saturated rings. The van der Waals surface area contributed by atoms with Crippen molar-refractivity contribution in [3.63, 3.8) is 0 Å². The molecule has 1 amide bonds. The lowest BCUT2D eigenvalue weighted by Crippen LogP contribution is -2.16. The Morgan fingerprint density at radius 1 is 1.42 bits per heavy atom. The Bertz CT molecular complexity index is 682. The van der Waals surface area contributed by atoms with E-state index >= 15 is 0 Å². The number of anilines is 1. The van der Waals surface area contributed by atoms with Crippen LogP contribution in [0.4, 0.5) is 5.82 Å². The highest BCUT2D eigenvalue weighted by atomic mass is 16.1. The van der Waals surface area contributed by atoms with Gasteiger partial charge in [-0.1, -0.05) is 0 Å². The van der Waals surface area contributed by atoms with Gasteiger partial charge < -0.3 is 5.32 Å². The molecule has 0 spiro atoms. The monoisotopic (exact) mass is 256 g/mol. The average Bonchev–Trinajstić information content (AvgIpc) is 2.72. The van der Waals surface area contributed by atoms with Gasteiger partial charge in [0.2, 0.25) is 0 Å². The van der Waals surface area contributed by atoms with Crippen LogP contribution in [-0.2, 0) is 7.05 Å². The molecule has 0 radical (unpaired) electrons. The molecule has 19 heavy (non-hydrogen) atoms. The summed E-state index contributed by atoms with van der Waals surface area (Å²) in [5.41, 5.74) is 1.91. The van der Waals surface area contributed by atoms with Crippen LogP contribution in [0.25, 0.3) is 0 Å². The van der Waals surface area contributed by atoms with E-state index in [2.05, 4.69) is 20.6 Å². The van der Waals surface area contributed by atoms with Crippen molar-refractivity contribution in [2.75, 3.05) is 5.32 Å². The third kappa shape index (κ3) is 2.57. The molecule has 0 bridgehead atoms. The molecule has 0 atom stereocenters. The van der Waals surface area contributed by atoms with Gasteiger partial charge in [0.15, 0.2) is 5.82 Å². The first-order valence-electron chi connectivity index (χ1n) is 5.57. The number of carbonyl (C=O) groups is 1. The molecule has 0 aromatic carbocycles. The Morgan fingerprint density at radius 2 is 2.16 bits per heavy atom. The second kappa shape index (κ2) is 4.86. The second-order valence-electron chi connectivity index (χ2n) is 4.12. The van der Waals surface area contributed by atoms with Gasteiger partial charge in [-0.3, -0.25) is 9.48 Å². The van der Waals surface area contributed by atoms with Gasteiger partial charge in [0, 0.05) is 13.2 Å². The number of aromatic nitrogens is 4. The Kier molecular flexibility index (Phi) is 3.25. The standard InChI is InChI=1S/C12H12N6O/c1-7-4-10(8(2)16-15-7)12(19)14-11-9(5-13)6-18(3)17-11/h4,6H,1-3H3,(H,14,17,19). The fourth-order valence-corrected chi connectivity index (χ4v) is 1.62. The summed E-state index contributed by atoms with van der Waals surface area (Å²) in [4.78, 5) is 12.1. The summed E-state index contributed by atoms with van der Waals surface area (Å²) in [6.07, 6.45) is 1.54. The number of hydrogen-bond donors (Lipinski definition) is 1. The van der Waals surface area contributed by atoms with Gasteiger partial charge in [0.1, 0.15) is 11.6 Å². The van der Waals surface area contributed by atoms with E-state index in [0.717, 1.165) is 0 Å². The van der Waals surface area contributed by atoms with Crippen molar-refractivity contribution in [1.29, 1.82) is 5.26 Å². The molecular weight excluding hydrogens is 244 g/mol. The zero-order valence-electron chi connectivity index (χ0n) is 10.8. The molecule has 96 valence electrons. The Hall–Kier alpha value is -2.75. The molecular formula is C12H12N6O. The van der Waals surface area contributed by atoms with E-state index in [1.165, 1.54) is 4.68 Å². The second-order valence-corrected chi connectivity index (χ2v) is 4.12. The Balaban J connectivity index is 2.31. The Morgan fingerprint density at radius 3 is 2.84 bits per heavy atom. The van der Waals surface area contributed by atoms with Crippen molar-refractivity contribution in [2.45, 2.75) is 13.8 Å². The van der Waals surface area contributed by atoms with Crippen molar-refractivity contribution in [2.24, 2.45) is 7.05 Å². The smallest absolute Gasteiger partial charge is 0.258 e. The highest BCUT2D eigenvalue weighted by Gasteiger charge is 2.15. The molecule has 1 N–H and O–H groups in total. The first-order valence-corrected chi connectivity index (χ1v) is 5.57. The number of nitriles is 1. The predicted octanol–water partition coefficient (Wildman–Crippen LogP) is 0.951. The van der Waals surface area contributed by atoms with Crippen LogP contribution in [0.1, 0.15) is 27.3 Å². The molecule has 2 rings (SSSR count). The highest BCUT2D eigenvalue weighted by molar-refractivity contribution is 6.05. The Labute approximate surface area is 109 Å². The van der Waals surface area contributed by atoms with E-state index in [4.69, 9.17) is 5.26 Å². The minimum Gasteiger partial charge on any atom is -0.304 e. The number of carbonyl (C=O) groups excluding carboxylic acids is 1. The topological polar surface area (TPSA) is 96.5 Å². The summed E-state index contributed by atoms with van der Waals surface area (Å²) in [6.45, 7) is 3.45. The summed E-state index contributed by atoms with van der Waals surface area (Å²) in [5.74, 6) is -0.116. The minimum absolute atomic E-state index is 0.240. The van der Waals surface area contributed by atoms with Crippen molar-refractivity contribution in [3.05, 3.63) is 34.8 Å². The van der Waals surface area contributed by atoms with Crippen LogP contribution in [0.2, 0.25) is 0 Å². The lowest BCUT2D eigenvalue weighted by Gasteiger charge is -2.05. The number of amides is 1. The van der Waals surface area contributed by atoms with E-state index in [1.807, 2.05) is 6.07 Å². The van der Waals surface area contributed by atoms with Gasteiger partial charge in [-0.2, -0.15) is 20.6 Å². The summed E-state index contributed by atoms with van der Waals surface area (Å²) in [7, 11) is 1.68. The zero-order valence-corrected chi connectivity index (χ0v) is 10.8. The summed E-state index contributed by atoms with van der Waals surface area (Å²) >= 11 is 0. The largest absolute Gasteiger partial charge is 0.304 e. The molecule has 0 aliphatic rings. The summed E-state index contributed by atoms with van der Waals surface area (Å²) in [6, 6.07) is 3.62. The van der Waals surface area contributed by atoms with Crippen LogP contribution < -0.4 is 5.32 Å². The van der Waals surface area contributed by atoms with E-state index in [0.29, 0.717) is 22.5 Å². The maximum absolute atomic E-state index is 12.1. The summed E-state index contributed by atoms with van der Waals surface area (Å²) < 4.78 is 1.47. The molecule has 0 aliphatic heterocycles. The van der Waals surface area contributed by atoms with E-state index < -0.39 is 0 Å². The van der Waals surface area contributed by atoms with Crippen LogP contribution in [0.3, 0.4) is 0 Å². The van der Waals surface area contributed by atoms with Crippen LogP contribution in [0.5, 0.6) is 0 Å². The quantitative estimate of drug-likeness (QED) is 0.862. The van der Waals surface area contributed by atoms with Crippen LogP contribution in [-0.4, -0.2) is 25.9 Å². The maximum atomic E-state index is 12.1. The van der Waals surface area contributed by atoms with Gasteiger partial charge in [0.25, 0.3) is 5.91 Å². The fourth-order valence-electron chi connectivity index (χ4n) is 1.62. The normalized spacial score (nSPS) is 10.0. The molecule has 0 unspecified atom stereocenters. The molecule has 0 saturated heterocycles. The van der Waals surface area contributed by atoms with Crippen LogP contribution in [0.15, 0.2) is 12.3 Å². The number of hydrogen-bond acceptors (Lipinski definition) is 5. The van der Waals surface area contributed by atoms with Crippen molar-refractivity contribution < 1.29 is 4.79 Å². The number of aryl methyl sites for hydroxylation is 3. The first kappa shape index (κ1) is 12.7.